The minimum atomic E-state index is -0.342. The Bertz CT molecular complexity index is 1600. The third-order valence-corrected chi connectivity index (χ3v) is 7.06. The minimum Gasteiger partial charge on any atom is -0.462 e. The molecule has 6 rings (SSSR count). The molecule has 2 aromatic carbocycles. The number of fused-ring (bicyclic) bond motifs is 6. The van der Waals surface area contributed by atoms with Crippen molar-refractivity contribution in [1.29, 1.82) is 0 Å². The Hall–Kier alpha value is -4.31. The maximum atomic E-state index is 12.0. The summed E-state index contributed by atoms with van der Waals surface area (Å²) < 4.78 is 10.0. The van der Waals surface area contributed by atoms with Gasteiger partial charge in [0.05, 0.1) is 46.7 Å². The highest BCUT2D eigenvalue weighted by atomic mass is 35.5. The summed E-state index contributed by atoms with van der Waals surface area (Å²) in [7, 11) is 0. The largest absolute Gasteiger partial charge is 0.462 e. The number of nitrogens with one attached hydrogen (secondary N) is 4. The van der Waals surface area contributed by atoms with Crippen LogP contribution in [-0.4, -0.2) is 48.2 Å². The van der Waals surface area contributed by atoms with Crippen LogP contribution in [0, 0.1) is 0 Å². The van der Waals surface area contributed by atoms with E-state index in [0.717, 1.165) is 83.1 Å². The molecule has 0 aliphatic carbocycles. The molecule has 216 valence electrons. The molecule has 2 aromatic heterocycles. The fourth-order valence-corrected chi connectivity index (χ4v) is 5.19. The first-order chi connectivity index (χ1) is 19.4. The van der Waals surface area contributed by atoms with Crippen LogP contribution in [0.5, 0.6) is 0 Å². The zero-order chi connectivity index (χ0) is 28.2. The summed E-state index contributed by atoms with van der Waals surface area (Å²) >= 11 is 0. The SMILES string of the molecule is CCOC(=O)c1ccc2[nH]c(=O)c3c(c2c1)NCCC3.CCOC(=O)c1ccc2[nH]c(=O)c3c(c2c1)NCCC3.Cl. The van der Waals surface area contributed by atoms with E-state index >= 15 is 0 Å². The van der Waals surface area contributed by atoms with Gasteiger partial charge in [0.25, 0.3) is 11.1 Å². The zero-order valence-corrected chi connectivity index (χ0v) is 23.8. The van der Waals surface area contributed by atoms with Crippen molar-refractivity contribution in [3.63, 3.8) is 0 Å². The molecule has 41 heavy (non-hydrogen) atoms. The molecule has 10 nitrogen and oxygen atoms in total. The lowest BCUT2D eigenvalue weighted by Gasteiger charge is -2.19. The van der Waals surface area contributed by atoms with E-state index < -0.39 is 0 Å². The summed E-state index contributed by atoms with van der Waals surface area (Å²) in [6, 6.07) is 10.4. The molecule has 2 aliphatic rings. The van der Waals surface area contributed by atoms with Crippen molar-refractivity contribution >= 4 is 57.5 Å². The molecule has 4 aromatic rings. The average molecular weight is 581 g/mol. The number of rotatable bonds is 4. The Kier molecular flexibility index (Phi) is 9.34. The Morgan fingerprint density at radius 1 is 0.707 bits per heavy atom. The fourth-order valence-electron chi connectivity index (χ4n) is 5.19. The van der Waals surface area contributed by atoms with Crippen molar-refractivity contribution in [2.45, 2.75) is 39.5 Å². The van der Waals surface area contributed by atoms with Gasteiger partial charge in [0.2, 0.25) is 0 Å². The predicted molar refractivity (Wildman–Crippen MR) is 162 cm³/mol. The summed E-state index contributed by atoms with van der Waals surface area (Å²) in [5.74, 6) is -0.685. The predicted octanol–water partition coefficient (Wildman–Crippen LogP) is 4.55. The zero-order valence-electron chi connectivity index (χ0n) is 23.0. The summed E-state index contributed by atoms with van der Waals surface area (Å²) in [6.45, 7) is 5.93. The second-order valence-electron chi connectivity index (χ2n) is 9.64. The maximum absolute atomic E-state index is 12.0. The highest BCUT2D eigenvalue weighted by Gasteiger charge is 2.19. The van der Waals surface area contributed by atoms with Crippen molar-refractivity contribution in [2.75, 3.05) is 36.9 Å². The molecular weight excluding hydrogens is 548 g/mol. The van der Waals surface area contributed by atoms with Crippen LogP contribution in [0.4, 0.5) is 11.4 Å². The molecule has 0 fully saturated rings. The Balaban J connectivity index is 0.000000184. The number of anilines is 2. The van der Waals surface area contributed by atoms with E-state index in [1.54, 1.807) is 50.2 Å². The number of H-pyrrole nitrogens is 2. The van der Waals surface area contributed by atoms with Crippen LogP contribution in [0.3, 0.4) is 0 Å². The molecule has 0 amide bonds. The van der Waals surface area contributed by atoms with Crippen LogP contribution in [0.2, 0.25) is 0 Å². The lowest BCUT2D eigenvalue weighted by Crippen LogP contribution is -2.22. The van der Waals surface area contributed by atoms with Crippen LogP contribution < -0.4 is 21.8 Å². The molecule has 0 saturated carbocycles. The number of benzene rings is 2. The number of aromatic nitrogens is 2. The van der Waals surface area contributed by atoms with Gasteiger partial charge >= 0.3 is 11.9 Å². The van der Waals surface area contributed by atoms with Gasteiger partial charge in [-0.05, 0) is 75.9 Å². The highest BCUT2D eigenvalue weighted by molar-refractivity contribution is 6.00. The average Bonchev–Trinajstić information content (AvgIpc) is 2.98. The molecule has 0 atom stereocenters. The van der Waals surface area contributed by atoms with Crippen LogP contribution in [-0.2, 0) is 22.3 Å². The second kappa shape index (κ2) is 12.9. The molecule has 4 N–H and O–H groups in total. The summed E-state index contributed by atoms with van der Waals surface area (Å²) in [6.07, 6.45) is 3.41. The van der Waals surface area contributed by atoms with Gasteiger partial charge in [-0.15, -0.1) is 12.4 Å². The third kappa shape index (κ3) is 6.07. The summed E-state index contributed by atoms with van der Waals surface area (Å²) in [4.78, 5) is 53.4. The number of hydrogen-bond donors (Lipinski definition) is 4. The molecular formula is C30H33ClN4O6. The normalized spacial score (nSPS) is 13.3. The van der Waals surface area contributed by atoms with Gasteiger partial charge in [-0.2, -0.15) is 0 Å². The van der Waals surface area contributed by atoms with Crippen molar-refractivity contribution in [2.24, 2.45) is 0 Å². The first-order valence-corrected chi connectivity index (χ1v) is 13.6. The van der Waals surface area contributed by atoms with E-state index in [4.69, 9.17) is 9.47 Å². The quantitative estimate of drug-likeness (QED) is 0.258. The number of pyridine rings is 2. The summed E-state index contributed by atoms with van der Waals surface area (Å²) in [5, 5.41) is 8.28. The number of carbonyl (C=O) groups excluding carboxylic acids is 2. The fraction of sp³-hybridized carbons (Fsp3) is 0.333. The van der Waals surface area contributed by atoms with Gasteiger partial charge in [-0.25, -0.2) is 9.59 Å². The molecule has 2 aliphatic heterocycles. The minimum absolute atomic E-state index is 0. The van der Waals surface area contributed by atoms with Gasteiger partial charge in [0, 0.05) is 35.0 Å². The number of carbonyl (C=O) groups is 2. The van der Waals surface area contributed by atoms with E-state index in [9.17, 15) is 19.2 Å². The van der Waals surface area contributed by atoms with Crippen molar-refractivity contribution in [3.8, 4) is 0 Å². The van der Waals surface area contributed by atoms with E-state index in [-0.39, 0.29) is 35.5 Å². The van der Waals surface area contributed by atoms with Gasteiger partial charge < -0.3 is 30.1 Å². The van der Waals surface area contributed by atoms with Crippen molar-refractivity contribution in [3.05, 3.63) is 79.4 Å². The number of hydrogen-bond acceptors (Lipinski definition) is 8. The Morgan fingerprint density at radius 2 is 1.12 bits per heavy atom. The van der Waals surface area contributed by atoms with Crippen LogP contribution in [0.15, 0.2) is 46.0 Å². The topological polar surface area (TPSA) is 142 Å². The van der Waals surface area contributed by atoms with Gasteiger partial charge in [-0.3, -0.25) is 9.59 Å². The Labute approximate surface area is 242 Å². The number of aromatic amines is 2. The lowest BCUT2D eigenvalue weighted by molar-refractivity contribution is 0.0517. The molecule has 0 radical (unpaired) electrons. The van der Waals surface area contributed by atoms with E-state index in [2.05, 4.69) is 20.6 Å². The number of halogens is 1. The van der Waals surface area contributed by atoms with Crippen LogP contribution >= 0.6 is 12.4 Å². The third-order valence-electron chi connectivity index (χ3n) is 7.06. The lowest BCUT2D eigenvalue weighted by atomic mass is 10.0. The van der Waals surface area contributed by atoms with Crippen molar-refractivity contribution < 1.29 is 19.1 Å². The highest BCUT2D eigenvalue weighted by Crippen LogP contribution is 2.29. The standard InChI is InChI=1S/2C15H16N2O3.ClH/c2*1-2-20-15(19)9-5-6-12-11(8-9)13-10(14(18)17-12)4-3-7-16-13;/h2*5-6,8,16H,2-4,7H2,1H3,(H,17,18);1H. The van der Waals surface area contributed by atoms with Gasteiger partial charge in [0.1, 0.15) is 0 Å². The van der Waals surface area contributed by atoms with E-state index in [0.29, 0.717) is 24.3 Å². The Morgan fingerprint density at radius 3 is 1.51 bits per heavy atom. The maximum Gasteiger partial charge on any atom is 0.338 e. The van der Waals surface area contributed by atoms with Crippen molar-refractivity contribution in [1.82, 2.24) is 9.97 Å². The molecule has 4 heterocycles. The van der Waals surface area contributed by atoms with Crippen LogP contribution in [0.25, 0.3) is 21.8 Å². The smallest absolute Gasteiger partial charge is 0.338 e. The first kappa shape index (κ1) is 29.7. The van der Waals surface area contributed by atoms with E-state index in [1.165, 1.54) is 0 Å². The summed E-state index contributed by atoms with van der Waals surface area (Å²) in [5.41, 5.74) is 5.60. The van der Waals surface area contributed by atoms with Crippen LogP contribution in [0.1, 0.15) is 58.5 Å². The van der Waals surface area contributed by atoms with Gasteiger partial charge in [0.15, 0.2) is 0 Å². The molecule has 0 spiro atoms. The van der Waals surface area contributed by atoms with E-state index in [1.807, 2.05) is 0 Å². The molecule has 0 bridgehead atoms. The van der Waals surface area contributed by atoms with Gasteiger partial charge in [-0.1, -0.05) is 0 Å². The molecule has 11 heteroatoms. The number of ether oxygens (including phenoxy) is 2. The molecule has 0 saturated heterocycles. The number of esters is 2. The second-order valence-corrected chi connectivity index (χ2v) is 9.64. The molecule has 0 unspecified atom stereocenters. The first-order valence-electron chi connectivity index (χ1n) is 13.6. The monoisotopic (exact) mass is 580 g/mol.